The van der Waals surface area contributed by atoms with E-state index in [4.69, 9.17) is 0 Å². The van der Waals surface area contributed by atoms with E-state index in [1.165, 1.54) is 11.3 Å². The Labute approximate surface area is 78.5 Å². The van der Waals surface area contributed by atoms with Gasteiger partial charge in [0.15, 0.2) is 0 Å². The second-order valence-electron chi connectivity index (χ2n) is 3.55. The minimum absolute atomic E-state index is 0.357. The van der Waals surface area contributed by atoms with E-state index in [9.17, 15) is 9.59 Å². The summed E-state index contributed by atoms with van der Waals surface area (Å²) in [4.78, 5) is 25.7. The lowest BCUT2D eigenvalue weighted by molar-refractivity contribution is -0.150. The van der Waals surface area contributed by atoms with Gasteiger partial charge in [-0.15, -0.1) is 0 Å². The summed E-state index contributed by atoms with van der Waals surface area (Å²) in [6.45, 7) is 1.47. The molecular weight excluding hydrogens is 168 g/mol. The van der Waals surface area contributed by atoms with Crippen molar-refractivity contribution in [3.8, 4) is 0 Å². The number of rotatable bonds is 0. The number of carbonyl (C=O) groups excluding carboxylic acids is 2. The molecule has 1 fully saturated rings. The molecule has 0 aromatic rings. The number of piperidine rings is 1. The maximum Gasteiger partial charge on any atom is 0.312 e. The van der Waals surface area contributed by atoms with Gasteiger partial charge in [0, 0.05) is 27.2 Å². The SMILES string of the molecule is CN(C)C(=O)C(=O)N1CCCCC1. The molecule has 74 valence electrons. The van der Waals surface area contributed by atoms with Crippen LogP contribution in [0.15, 0.2) is 0 Å². The summed E-state index contributed by atoms with van der Waals surface area (Å²) in [7, 11) is 3.20. The van der Waals surface area contributed by atoms with E-state index in [0.717, 1.165) is 25.9 Å². The van der Waals surface area contributed by atoms with Crippen LogP contribution in [0.3, 0.4) is 0 Å². The van der Waals surface area contributed by atoms with Crippen LogP contribution in [0.25, 0.3) is 0 Å². The van der Waals surface area contributed by atoms with Crippen molar-refractivity contribution < 1.29 is 9.59 Å². The molecule has 0 N–H and O–H groups in total. The maximum absolute atomic E-state index is 11.5. The third-order valence-corrected chi connectivity index (χ3v) is 2.23. The summed E-state index contributed by atoms with van der Waals surface area (Å²) in [5.41, 5.74) is 0. The number of likely N-dealkylation sites (tertiary alicyclic amines) is 1. The molecule has 1 aliphatic rings. The van der Waals surface area contributed by atoms with Gasteiger partial charge in [-0.3, -0.25) is 9.59 Å². The van der Waals surface area contributed by atoms with E-state index in [0.29, 0.717) is 0 Å². The molecule has 13 heavy (non-hydrogen) atoms. The first-order valence-corrected chi connectivity index (χ1v) is 4.63. The lowest BCUT2D eigenvalue weighted by atomic mass is 10.1. The second-order valence-corrected chi connectivity index (χ2v) is 3.55. The second kappa shape index (κ2) is 4.25. The highest BCUT2D eigenvalue weighted by Gasteiger charge is 2.24. The smallest absolute Gasteiger partial charge is 0.312 e. The van der Waals surface area contributed by atoms with Crippen LogP contribution >= 0.6 is 0 Å². The van der Waals surface area contributed by atoms with E-state index in [1.807, 2.05) is 0 Å². The molecule has 1 saturated heterocycles. The van der Waals surface area contributed by atoms with Gasteiger partial charge in [0.1, 0.15) is 0 Å². The van der Waals surface area contributed by atoms with E-state index >= 15 is 0 Å². The van der Waals surface area contributed by atoms with Crippen molar-refractivity contribution in [1.29, 1.82) is 0 Å². The third kappa shape index (κ3) is 2.44. The van der Waals surface area contributed by atoms with Crippen LogP contribution < -0.4 is 0 Å². The number of carbonyl (C=O) groups is 2. The maximum atomic E-state index is 11.5. The predicted octanol–water partition coefficient (Wildman–Crippen LogP) is 0.0871. The highest BCUT2D eigenvalue weighted by atomic mass is 16.2. The van der Waals surface area contributed by atoms with Crippen molar-refractivity contribution in [2.75, 3.05) is 27.2 Å². The highest BCUT2D eigenvalue weighted by Crippen LogP contribution is 2.08. The van der Waals surface area contributed by atoms with E-state index in [-0.39, 0.29) is 5.91 Å². The first kappa shape index (κ1) is 10.0. The average Bonchev–Trinajstić information content (AvgIpc) is 2.17. The van der Waals surface area contributed by atoms with Crippen molar-refractivity contribution in [1.82, 2.24) is 9.80 Å². The van der Waals surface area contributed by atoms with Gasteiger partial charge in [-0.25, -0.2) is 0 Å². The summed E-state index contributed by atoms with van der Waals surface area (Å²) < 4.78 is 0. The first-order chi connectivity index (χ1) is 6.13. The number of likely N-dealkylation sites (N-methyl/N-ethyl adjacent to an activating group) is 1. The minimum Gasteiger partial charge on any atom is -0.341 e. The van der Waals surface area contributed by atoms with Gasteiger partial charge >= 0.3 is 11.8 Å². The van der Waals surface area contributed by atoms with Crippen LogP contribution in [0.4, 0.5) is 0 Å². The number of hydrogen-bond donors (Lipinski definition) is 0. The van der Waals surface area contributed by atoms with Crippen molar-refractivity contribution in [3.05, 3.63) is 0 Å². The Bertz CT molecular complexity index is 208. The van der Waals surface area contributed by atoms with Crippen LogP contribution in [0.5, 0.6) is 0 Å². The topological polar surface area (TPSA) is 40.6 Å². The molecule has 0 aromatic heterocycles. The fourth-order valence-electron chi connectivity index (χ4n) is 1.42. The minimum atomic E-state index is -0.415. The number of nitrogens with zero attached hydrogens (tertiary/aromatic N) is 2. The summed E-state index contributed by atoms with van der Waals surface area (Å²) >= 11 is 0. The molecule has 4 heteroatoms. The Hall–Kier alpha value is -1.06. The summed E-state index contributed by atoms with van der Waals surface area (Å²) in [5.74, 6) is -0.772. The largest absolute Gasteiger partial charge is 0.341 e. The molecule has 0 spiro atoms. The predicted molar refractivity (Wildman–Crippen MR) is 49.1 cm³/mol. The molecule has 0 atom stereocenters. The van der Waals surface area contributed by atoms with Gasteiger partial charge < -0.3 is 9.80 Å². The molecule has 0 aromatic carbocycles. The number of amides is 2. The number of hydrogen-bond acceptors (Lipinski definition) is 2. The Morgan fingerprint density at radius 2 is 1.62 bits per heavy atom. The Balaban J connectivity index is 2.50. The molecule has 1 rings (SSSR count). The molecule has 0 radical (unpaired) electrons. The van der Waals surface area contributed by atoms with Crippen molar-refractivity contribution in [2.24, 2.45) is 0 Å². The van der Waals surface area contributed by atoms with E-state index < -0.39 is 5.91 Å². The van der Waals surface area contributed by atoms with E-state index in [1.54, 1.807) is 19.0 Å². The molecule has 1 aliphatic heterocycles. The van der Waals surface area contributed by atoms with Gasteiger partial charge in [-0.2, -0.15) is 0 Å². The molecule has 0 saturated carbocycles. The van der Waals surface area contributed by atoms with Crippen LogP contribution in [0, 0.1) is 0 Å². The molecular formula is C9H16N2O2. The Kier molecular flexibility index (Phi) is 3.28. The van der Waals surface area contributed by atoms with Gasteiger partial charge in [0.2, 0.25) is 0 Å². The molecule has 0 unspecified atom stereocenters. The molecule has 1 heterocycles. The monoisotopic (exact) mass is 184 g/mol. The zero-order chi connectivity index (χ0) is 9.84. The van der Waals surface area contributed by atoms with Crippen molar-refractivity contribution >= 4 is 11.8 Å². The van der Waals surface area contributed by atoms with Crippen LogP contribution in [0.1, 0.15) is 19.3 Å². The molecule has 0 bridgehead atoms. The lowest BCUT2D eigenvalue weighted by Crippen LogP contribution is -2.44. The summed E-state index contributed by atoms with van der Waals surface area (Å²) in [6, 6.07) is 0. The molecule has 4 nitrogen and oxygen atoms in total. The lowest BCUT2D eigenvalue weighted by Gasteiger charge is -2.26. The van der Waals surface area contributed by atoms with Gasteiger partial charge in [0.25, 0.3) is 0 Å². The quantitative estimate of drug-likeness (QED) is 0.500. The zero-order valence-corrected chi connectivity index (χ0v) is 8.25. The van der Waals surface area contributed by atoms with Gasteiger partial charge in [-0.05, 0) is 19.3 Å². The van der Waals surface area contributed by atoms with Crippen molar-refractivity contribution in [2.45, 2.75) is 19.3 Å². The fraction of sp³-hybridized carbons (Fsp3) is 0.778. The standard InChI is InChI=1S/C9H16N2O2/c1-10(2)8(12)9(13)11-6-4-3-5-7-11/h3-7H2,1-2H3. The molecule has 2 amide bonds. The van der Waals surface area contributed by atoms with Crippen LogP contribution in [0.2, 0.25) is 0 Å². The van der Waals surface area contributed by atoms with Gasteiger partial charge in [0.05, 0.1) is 0 Å². The zero-order valence-electron chi connectivity index (χ0n) is 8.25. The normalized spacial score (nSPS) is 16.9. The van der Waals surface area contributed by atoms with Crippen LogP contribution in [-0.4, -0.2) is 48.8 Å². The van der Waals surface area contributed by atoms with Crippen LogP contribution in [-0.2, 0) is 9.59 Å². The average molecular weight is 184 g/mol. The highest BCUT2D eigenvalue weighted by molar-refractivity contribution is 6.34. The Morgan fingerprint density at radius 3 is 2.08 bits per heavy atom. The fourth-order valence-corrected chi connectivity index (χ4v) is 1.42. The third-order valence-electron chi connectivity index (χ3n) is 2.23. The summed E-state index contributed by atoms with van der Waals surface area (Å²) in [5, 5.41) is 0. The molecule has 0 aliphatic carbocycles. The van der Waals surface area contributed by atoms with Gasteiger partial charge in [-0.1, -0.05) is 0 Å². The summed E-state index contributed by atoms with van der Waals surface area (Å²) in [6.07, 6.45) is 3.21. The Morgan fingerprint density at radius 1 is 1.08 bits per heavy atom. The van der Waals surface area contributed by atoms with E-state index in [2.05, 4.69) is 0 Å². The van der Waals surface area contributed by atoms with Crippen molar-refractivity contribution in [3.63, 3.8) is 0 Å². The first-order valence-electron chi connectivity index (χ1n) is 4.63.